The van der Waals surface area contributed by atoms with Crippen molar-refractivity contribution in [2.75, 3.05) is 4.90 Å². The average molecular weight is 344 g/mol. The van der Waals surface area contributed by atoms with Gasteiger partial charge in [0.05, 0.1) is 11.7 Å². The number of anilines is 1. The zero-order chi connectivity index (χ0) is 15.0. The van der Waals surface area contributed by atoms with E-state index >= 15 is 0 Å². The highest BCUT2D eigenvalue weighted by molar-refractivity contribution is 9.10. The summed E-state index contributed by atoms with van der Waals surface area (Å²) in [5.41, 5.74) is 2.30. The van der Waals surface area contributed by atoms with E-state index in [9.17, 15) is 9.59 Å². The molecule has 1 heterocycles. The normalized spacial score (nSPS) is 17.5. The smallest absolute Gasteiger partial charge is 0.224 e. The van der Waals surface area contributed by atoms with Crippen LogP contribution in [0.2, 0.25) is 0 Å². The lowest BCUT2D eigenvalue weighted by Gasteiger charge is -2.36. The molecule has 2 aromatic carbocycles. The number of fused-ring (bicyclic) bond motifs is 1. The molecule has 1 amide bonds. The Bertz CT molecular complexity index is 709. The van der Waals surface area contributed by atoms with Crippen molar-refractivity contribution in [1.29, 1.82) is 0 Å². The van der Waals surface area contributed by atoms with Crippen LogP contribution in [0.25, 0.3) is 0 Å². The van der Waals surface area contributed by atoms with Crippen LogP contribution in [-0.4, -0.2) is 11.7 Å². The first-order valence-electron chi connectivity index (χ1n) is 6.75. The summed E-state index contributed by atoms with van der Waals surface area (Å²) in [6.07, 6.45) is 0.318. The molecule has 0 fully saturated rings. The van der Waals surface area contributed by atoms with Crippen molar-refractivity contribution in [3.63, 3.8) is 0 Å². The number of nitrogens with zero attached hydrogens (tertiary/aromatic N) is 1. The molecule has 1 aliphatic rings. The van der Waals surface area contributed by atoms with Crippen LogP contribution in [0, 0.1) is 0 Å². The van der Waals surface area contributed by atoms with Crippen molar-refractivity contribution in [3.05, 3.63) is 64.1 Å². The van der Waals surface area contributed by atoms with Crippen LogP contribution in [0.5, 0.6) is 0 Å². The highest BCUT2D eigenvalue weighted by Crippen LogP contribution is 2.38. The second kappa shape index (κ2) is 5.45. The largest absolute Gasteiger partial charge is 0.304 e. The molecule has 21 heavy (non-hydrogen) atoms. The molecule has 0 saturated carbocycles. The van der Waals surface area contributed by atoms with E-state index in [0.29, 0.717) is 17.7 Å². The number of Topliss-reactive ketones (excluding diaryl/α,β-unsaturated/α-hetero) is 1. The number of para-hydroxylation sites is 1. The molecule has 0 bridgehead atoms. The molecule has 106 valence electrons. The van der Waals surface area contributed by atoms with Crippen LogP contribution < -0.4 is 4.90 Å². The SMILES string of the molecule is CC(=O)N1c2ccccc2C(=O)C[C@H]1c1ccc(Br)cc1. The van der Waals surface area contributed by atoms with E-state index in [-0.39, 0.29) is 17.7 Å². The summed E-state index contributed by atoms with van der Waals surface area (Å²) in [6.45, 7) is 1.54. The number of carbonyl (C=O) groups excluding carboxylic acids is 2. The molecule has 0 aromatic heterocycles. The summed E-state index contributed by atoms with van der Waals surface area (Å²) in [6, 6.07) is 14.8. The number of hydrogen-bond donors (Lipinski definition) is 0. The summed E-state index contributed by atoms with van der Waals surface area (Å²) >= 11 is 3.40. The van der Waals surface area contributed by atoms with E-state index in [0.717, 1.165) is 10.0 Å². The lowest BCUT2D eigenvalue weighted by molar-refractivity contribution is -0.117. The van der Waals surface area contributed by atoms with E-state index in [1.54, 1.807) is 17.9 Å². The van der Waals surface area contributed by atoms with E-state index < -0.39 is 0 Å². The zero-order valence-corrected chi connectivity index (χ0v) is 13.1. The van der Waals surface area contributed by atoms with Gasteiger partial charge in [0.25, 0.3) is 0 Å². The van der Waals surface area contributed by atoms with E-state index in [2.05, 4.69) is 15.9 Å². The second-order valence-electron chi connectivity index (χ2n) is 5.10. The van der Waals surface area contributed by atoms with Gasteiger partial charge in [-0.15, -0.1) is 0 Å². The first kappa shape index (κ1) is 14.0. The lowest BCUT2D eigenvalue weighted by Crippen LogP contribution is -2.38. The predicted octanol–water partition coefficient (Wildman–Crippen LogP) is 4.13. The molecule has 0 aliphatic carbocycles. The maximum absolute atomic E-state index is 12.4. The van der Waals surface area contributed by atoms with Gasteiger partial charge in [0.15, 0.2) is 5.78 Å². The van der Waals surface area contributed by atoms with E-state index in [1.165, 1.54) is 0 Å². The molecule has 2 aromatic rings. The molecule has 1 atom stereocenters. The Morgan fingerprint density at radius 3 is 2.48 bits per heavy atom. The average Bonchev–Trinajstić information content (AvgIpc) is 2.47. The highest BCUT2D eigenvalue weighted by atomic mass is 79.9. The molecular formula is C17H14BrNO2. The number of hydrogen-bond acceptors (Lipinski definition) is 2. The minimum atomic E-state index is -0.238. The third kappa shape index (κ3) is 2.51. The van der Waals surface area contributed by atoms with Crippen LogP contribution in [0.1, 0.15) is 35.3 Å². The number of ketones is 1. The van der Waals surface area contributed by atoms with Gasteiger partial charge in [-0.2, -0.15) is 0 Å². The van der Waals surface area contributed by atoms with Gasteiger partial charge in [0.1, 0.15) is 0 Å². The number of halogens is 1. The number of carbonyl (C=O) groups is 2. The van der Waals surface area contributed by atoms with Crippen molar-refractivity contribution in [2.45, 2.75) is 19.4 Å². The quantitative estimate of drug-likeness (QED) is 0.780. The summed E-state index contributed by atoms with van der Waals surface area (Å²) in [7, 11) is 0. The molecular weight excluding hydrogens is 330 g/mol. The van der Waals surface area contributed by atoms with Gasteiger partial charge in [-0.05, 0) is 29.8 Å². The Balaban J connectivity index is 2.11. The molecule has 0 unspecified atom stereocenters. The fourth-order valence-corrected chi connectivity index (χ4v) is 3.07. The second-order valence-corrected chi connectivity index (χ2v) is 6.02. The lowest BCUT2D eigenvalue weighted by atomic mass is 9.90. The molecule has 0 spiro atoms. The van der Waals surface area contributed by atoms with Crippen molar-refractivity contribution >= 4 is 33.3 Å². The van der Waals surface area contributed by atoms with Gasteiger partial charge in [0.2, 0.25) is 5.91 Å². The molecule has 1 aliphatic heterocycles. The van der Waals surface area contributed by atoms with Crippen molar-refractivity contribution < 1.29 is 9.59 Å². The maximum Gasteiger partial charge on any atom is 0.224 e. The van der Waals surface area contributed by atoms with Crippen LogP contribution in [0.4, 0.5) is 5.69 Å². The van der Waals surface area contributed by atoms with E-state index in [4.69, 9.17) is 0 Å². The van der Waals surface area contributed by atoms with Crippen molar-refractivity contribution in [3.8, 4) is 0 Å². The van der Waals surface area contributed by atoms with Gasteiger partial charge in [0, 0.05) is 23.4 Å². The van der Waals surface area contributed by atoms with Crippen LogP contribution >= 0.6 is 15.9 Å². The summed E-state index contributed by atoms with van der Waals surface area (Å²) in [4.78, 5) is 26.2. The minimum Gasteiger partial charge on any atom is -0.304 e. The first-order valence-corrected chi connectivity index (χ1v) is 7.54. The monoisotopic (exact) mass is 343 g/mol. The molecule has 0 saturated heterocycles. The van der Waals surface area contributed by atoms with Crippen molar-refractivity contribution in [2.24, 2.45) is 0 Å². The van der Waals surface area contributed by atoms with Gasteiger partial charge in [-0.3, -0.25) is 9.59 Å². The van der Waals surface area contributed by atoms with Gasteiger partial charge in [-0.25, -0.2) is 0 Å². The first-order chi connectivity index (χ1) is 10.1. The minimum absolute atomic E-state index is 0.0529. The number of rotatable bonds is 1. The third-order valence-electron chi connectivity index (χ3n) is 3.75. The highest BCUT2D eigenvalue weighted by Gasteiger charge is 2.34. The number of amides is 1. The maximum atomic E-state index is 12.4. The Hall–Kier alpha value is -1.94. The molecule has 3 nitrogen and oxygen atoms in total. The van der Waals surface area contributed by atoms with Crippen LogP contribution in [0.3, 0.4) is 0 Å². The standard InChI is InChI=1S/C17H14BrNO2/c1-11(20)19-15-5-3-2-4-14(15)17(21)10-16(19)12-6-8-13(18)9-7-12/h2-9,16H,10H2,1H3/t16-/m0/s1. The van der Waals surface area contributed by atoms with Crippen LogP contribution in [-0.2, 0) is 4.79 Å². The third-order valence-corrected chi connectivity index (χ3v) is 4.28. The fourth-order valence-electron chi connectivity index (χ4n) is 2.81. The molecule has 0 radical (unpaired) electrons. The van der Waals surface area contributed by atoms with Crippen LogP contribution in [0.15, 0.2) is 53.0 Å². The van der Waals surface area contributed by atoms with E-state index in [1.807, 2.05) is 42.5 Å². The molecule has 4 heteroatoms. The predicted molar refractivity (Wildman–Crippen MR) is 85.4 cm³/mol. The molecule has 3 rings (SSSR count). The molecule has 0 N–H and O–H groups in total. The summed E-state index contributed by atoms with van der Waals surface area (Å²) in [5, 5.41) is 0. The Morgan fingerprint density at radius 1 is 1.14 bits per heavy atom. The Labute approximate surface area is 131 Å². The van der Waals surface area contributed by atoms with Gasteiger partial charge >= 0.3 is 0 Å². The van der Waals surface area contributed by atoms with Gasteiger partial charge < -0.3 is 4.90 Å². The Kier molecular flexibility index (Phi) is 3.64. The Morgan fingerprint density at radius 2 is 1.81 bits per heavy atom. The number of benzene rings is 2. The van der Waals surface area contributed by atoms with Crippen molar-refractivity contribution in [1.82, 2.24) is 0 Å². The summed E-state index contributed by atoms with van der Waals surface area (Å²) in [5.74, 6) is 0.0267. The van der Waals surface area contributed by atoms with Gasteiger partial charge in [-0.1, -0.05) is 40.2 Å². The topological polar surface area (TPSA) is 37.4 Å². The zero-order valence-electron chi connectivity index (χ0n) is 11.5. The summed E-state index contributed by atoms with van der Waals surface area (Å²) < 4.78 is 0.975. The fraction of sp³-hybridized carbons (Fsp3) is 0.176.